The molecule has 0 fully saturated rings. The molecule has 4 nitrogen and oxygen atoms in total. The fraction of sp³-hybridized carbons (Fsp3) is 0.100. The molecule has 118 valence electrons. The average molecular weight is 316 g/mol. The summed E-state index contributed by atoms with van der Waals surface area (Å²) >= 11 is 0. The molecule has 0 saturated carbocycles. The van der Waals surface area contributed by atoms with Crippen LogP contribution in [-0.2, 0) is 16.8 Å². The number of anilines is 1. The van der Waals surface area contributed by atoms with Gasteiger partial charge in [0.05, 0.1) is 5.69 Å². The molecular formula is C20H16N2O2. The lowest BCUT2D eigenvalue weighted by Crippen LogP contribution is -2.49. The Balaban J connectivity index is 1.84. The van der Waals surface area contributed by atoms with Crippen molar-refractivity contribution < 1.29 is 9.53 Å². The number of fused-ring (bicyclic) bond motifs is 1. The minimum atomic E-state index is -1.11. The first-order valence-electron chi connectivity index (χ1n) is 7.82. The minimum Gasteiger partial charge on any atom is -0.470 e. The average Bonchev–Trinajstić information content (AvgIpc) is 2.64. The second kappa shape index (κ2) is 5.81. The van der Waals surface area contributed by atoms with Crippen LogP contribution >= 0.6 is 0 Å². The van der Waals surface area contributed by atoms with Crippen LogP contribution < -0.4 is 10.1 Å². The Morgan fingerprint density at radius 3 is 2.54 bits per heavy atom. The predicted molar refractivity (Wildman–Crippen MR) is 91.8 cm³/mol. The lowest BCUT2D eigenvalue weighted by Gasteiger charge is -2.38. The Labute approximate surface area is 140 Å². The van der Waals surface area contributed by atoms with Crippen LogP contribution in [0.2, 0.25) is 0 Å². The van der Waals surface area contributed by atoms with E-state index in [1.807, 2.05) is 66.7 Å². The third-order valence-electron chi connectivity index (χ3n) is 4.20. The number of hydrogen-bond donors (Lipinski definition) is 1. The standard InChI is InChI=1S/C20H16N2O2/c23-19-20(16-8-2-1-3-9-16,13-15-7-6-12-21-14-15)24-18-11-5-4-10-17(18)22-19/h1-12,14H,13H2,(H,22,23). The second-order valence-electron chi connectivity index (χ2n) is 5.78. The molecule has 4 heteroatoms. The summed E-state index contributed by atoms with van der Waals surface area (Å²) in [7, 11) is 0. The molecule has 4 rings (SSSR count). The van der Waals surface area contributed by atoms with Gasteiger partial charge in [0.15, 0.2) is 0 Å². The molecule has 1 N–H and O–H groups in total. The van der Waals surface area contributed by atoms with Gasteiger partial charge in [-0.2, -0.15) is 0 Å². The summed E-state index contributed by atoms with van der Waals surface area (Å²) in [6.45, 7) is 0. The third-order valence-corrected chi connectivity index (χ3v) is 4.20. The van der Waals surface area contributed by atoms with Crippen LogP contribution in [0.25, 0.3) is 0 Å². The Bertz CT molecular complexity index is 865. The number of ether oxygens (including phenoxy) is 1. The van der Waals surface area contributed by atoms with Gasteiger partial charge in [-0.1, -0.05) is 48.5 Å². The van der Waals surface area contributed by atoms with Crippen molar-refractivity contribution in [2.24, 2.45) is 0 Å². The summed E-state index contributed by atoms with van der Waals surface area (Å²) in [5.74, 6) is 0.501. The van der Waals surface area contributed by atoms with Gasteiger partial charge in [0.2, 0.25) is 5.60 Å². The van der Waals surface area contributed by atoms with Gasteiger partial charge in [0.1, 0.15) is 5.75 Å². The maximum Gasteiger partial charge on any atom is 0.273 e. The summed E-state index contributed by atoms with van der Waals surface area (Å²) in [6, 6.07) is 20.9. The van der Waals surface area contributed by atoms with Crippen LogP contribution in [0.15, 0.2) is 79.1 Å². The van der Waals surface area contributed by atoms with Gasteiger partial charge < -0.3 is 10.1 Å². The molecule has 3 aromatic rings. The molecule has 0 aliphatic carbocycles. The zero-order valence-corrected chi connectivity index (χ0v) is 13.0. The normalized spacial score (nSPS) is 19.1. The van der Waals surface area contributed by atoms with Gasteiger partial charge in [-0.3, -0.25) is 9.78 Å². The number of para-hydroxylation sites is 2. The van der Waals surface area contributed by atoms with Gasteiger partial charge in [-0.15, -0.1) is 0 Å². The lowest BCUT2D eigenvalue weighted by molar-refractivity contribution is -0.133. The molecule has 1 aliphatic rings. The first-order chi connectivity index (χ1) is 11.8. The summed E-state index contributed by atoms with van der Waals surface area (Å²) in [5, 5.41) is 2.99. The smallest absolute Gasteiger partial charge is 0.273 e. The number of aromatic nitrogens is 1. The molecule has 1 amide bonds. The number of amides is 1. The fourth-order valence-corrected chi connectivity index (χ4v) is 3.02. The summed E-state index contributed by atoms with van der Waals surface area (Å²) in [4.78, 5) is 17.2. The van der Waals surface area contributed by atoms with E-state index >= 15 is 0 Å². The SMILES string of the molecule is O=C1Nc2ccccc2OC1(Cc1cccnc1)c1ccccc1. The van der Waals surface area contributed by atoms with E-state index in [1.54, 1.807) is 12.4 Å². The summed E-state index contributed by atoms with van der Waals surface area (Å²) < 4.78 is 6.28. The largest absolute Gasteiger partial charge is 0.470 e. The zero-order valence-electron chi connectivity index (χ0n) is 13.0. The predicted octanol–water partition coefficient (Wildman–Crippen LogP) is 3.55. The number of carbonyl (C=O) groups is 1. The van der Waals surface area contributed by atoms with E-state index in [2.05, 4.69) is 10.3 Å². The van der Waals surface area contributed by atoms with Gasteiger partial charge in [0, 0.05) is 24.4 Å². The zero-order chi connectivity index (χ0) is 16.4. The van der Waals surface area contributed by atoms with Crippen LogP contribution in [0.1, 0.15) is 11.1 Å². The first-order valence-corrected chi connectivity index (χ1v) is 7.82. The maximum atomic E-state index is 13.0. The van der Waals surface area contributed by atoms with Crippen LogP contribution in [0.3, 0.4) is 0 Å². The molecule has 0 spiro atoms. The fourth-order valence-electron chi connectivity index (χ4n) is 3.02. The highest BCUT2D eigenvalue weighted by atomic mass is 16.5. The number of rotatable bonds is 3. The molecule has 1 aliphatic heterocycles. The van der Waals surface area contributed by atoms with Crippen molar-refractivity contribution in [1.82, 2.24) is 4.98 Å². The van der Waals surface area contributed by atoms with E-state index in [1.165, 1.54) is 0 Å². The van der Waals surface area contributed by atoms with Crippen molar-refractivity contribution in [3.63, 3.8) is 0 Å². The number of pyridine rings is 1. The van der Waals surface area contributed by atoms with Gasteiger partial charge in [-0.05, 0) is 23.8 Å². The lowest BCUT2D eigenvalue weighted by atomic mass is 9.85. The van der Waals surface area contributed by atoms with Crippen molar-refractivity contribution in [1.29, 1.82) is 0 Å². The van der Waals surface area contributed by atoms with Crippen LogP contribution in [0.5, 0.6) is 5.75 Å². The van der Waals surface area contributed by atoms with Gasteiger partial charge >= 0.3 is 0 Å². The molecule has 2 heterocycles. The molecule has 0 bridgehead atoms. The van der Waals surface area contributed by atoms with E-state index in [0.717, 1.165) is 11.1 Å². The number of nitrogens with one attached hydrogen (secondary N) is 1. The quantitative estimate of drug-likeness (QED) is 0.804. The number of nitrogens with zero attached hydrogens (tertiary/aromatic N) is 1. The van der Waals surface area contributed by atoms with Crippen LogP contribution in [0, 0.1) is 0 Å². The van der Waals surface area contributed by atoms with E-state index < -0.39 is 5.60 Å². The summed E-state index contributed by atoms with van der Waals surface area (Å²) in [6.07, 6.45) is 3.89. The van der Waals surface area contributed by atoms with Crippen LogP contribution in [-0.4, -0.2) is 10.9 Å². The molecule has 0 saturated heterocycles. The van der Waals surface area contributed by atoms with E-state index in [0.29, 0.717) is 17.9 Å². The van der Waals surface area contributed by atoms with Gasteiger partial charge in [0.25, 0.3) is 5.91 Å². The highest BCUT2D eigenvalue weighted by Gasteiger charge is 2.46. The second-order valence-corrected chi connectivity index (χ2v) is 5.78. The Morgan fingerprint density at radius 1 is 0.958 bits per heavy atom. The molecule has 1 unspecified atom stereocenters. The minimum absolute atomic E-state index is 0.170. The van der Waals surface area contributed by atoms with E-state index in [9.17, 15) is 4.79 Å². The van der Waals surface area contributed by atoms with Gasteiger partial charge in [-0.25, -0.2) is 0 Å². The van der Waals surface area contributed by atoms with Crippen molar-refractivity contribution in [2.75, 3.05) is 5.32 Å². The molecule has 2 aromatic carbocycles. The van der Waals surface area contributed by atoms with E-state index in [-0.39, 0.29) is 5.91 Å². The van der Waals surface area contributed by atoms with Crippen molar-refractivity contribution in [3.05, 3.63) is 90.3 Å². The molecule has 0 radical (unpaired) electrons. The first kappa shape index (κ1) is 14.5. The van der Waals surface area contributed by atoms with Crippen LogP contribution in [0.4, 0.5) is 5.69 Å². The Morgan fingerprint density at radius 2 is 1.75 bits per heavy atom. The Hall–Kier alpha value is -3.14. The number of hydrogen-bond acceptors (Lipinski definition) is 3. The monoisotopic (exact) mass is 316 g/mol. The van der Waals surface area contributed by atoms with Crippen molar-refractivity contribution >= 4 is 11.6 Å². The maximum absolute atomic E-state index is 13.0. The van der Waals surface area contributed by atoms with Crippen molar-refractivity contribution in [3.8, 4) is 5.75 Å². The molecule has 1 atom stereocenters. The molecular weight excluding hydrogens is 300 g/mol. The number of carbonyl (C=O) groups excluding carboxylic acids is 1. The topological polar surface area (TPSA) is 51.2 Å². The third kappa shape index (κ3) is 2.42. The Kier molecular flexibility index (Phi) is 3.50. The van der Waals surface area contributed by atoms with E-state index in [4.69, 9.17) is 4.74 Å². The highest BCUT2D eigenvalue weighted by Crippen LogP contribution is 2.40. The van der Waals surface area contributed by atoms with Crippen molar-refractivity contribution in [2.45, 2.75) is 12.0 Å². The number of benzene rings is 2. The molecule has 24 heavy (non-hydrogen) atoms. The summed E-state index contributed by atoms with van der Waals surface area (Å²) in [5.41, 5.74) is 1.34. The molecule has 1 aromatic heterocycles. The highest BCUT2D eigenvalue weighted by molar-refractivity contribution is 6.01.